The van der Waals surface area contributed by atoms with E-state index < -0.39 is 32.9 Å². The van der Waals surface area contributed by atoms with Gasteiger partial charge in [0.25, 0.3) is 0 Å². The molecule has 1 unspecified atom stereocenters. The fourth-order valence-electron chi connectivity index (χ4n) is 2.23. The lowest BCUT2D eigenvalue weighted by molar-refractivity contribution is 0.0386. The number of nitrogens with one attached hydrogen (secondary N) is 1. The number of hydrogen-bond acceptors (Lipinski definition) is 4. The molecule has 0 radical (unpaired) electrons. The first kappa shape index (κ1) is 15.9. The predicted molar refractivity (Wildman–Crippen MR) is 72.1 cm³/mol. The summed E-state index contributed by atoms with van der Waals surface area (Å²) >= 11 is 0. The van der Waals surface area contributed by atoms with Crippen LogP contribution in [-0.2, 0) is 14.8 Å². The monoisotopic (exact) mass is 317 g/mol. The molecule has 1 saturated heterocycles. The zero-order valence-electron chi connectivity index (χ0n) is 11.4. The van der Waals surface area contributed by atoms with Crippen molar-refractivity contribution in [2.24, 2.45) is 0 Å². The molecule has 0 spiro atoms. The Bertz CT molecular complexity index is 653. The summed E-state index contributed by atoms with van der Waals surface area (Å²) in [5, 5.41) is 8.85. The van der Waals surface area contributed by atoms with Crippen LogP contribution >= 0.6 is 0 Å². The van der Waals surface area contributed by atoms with Crippen LogP contribution in [-0.4, -0.2) is 38.2 Å². The van der Waals surface area contributed by atoms with Gasteiger partial charge in [-0.25, -0.2) is 22.3 Å². The molecule has 1 aromatic rings. The van der Waals surface area contributed by atoms with E-state index in [1.165, 1.54) is 0 Å². The number of halogens is 1. The Labute approximate surface area is 122 Å². The van der Waals surface area contributed by atoms with Crippen molar-refractivity contribution in [3.8, 4) is 0 Å². The molecule has 0 aliphatic carbocycles. The van der Waals surface area contributed by atoms with E-state index >= 15 is 0 Å². The largest absolute Gasteiger partial charge is 0.478 e. The maximum absolute atomic E-state index is 13.3. The number of sulfonamides is 1. The summed E-state index contributed by atoms with van der Waals surface area (Å²) in [4.78, 5) is 10.6. The van der Waals surface area contributed by atoms with Crippen LogP contribution in [0.3, 0.4) is 0 Å². The van der Waals surface area contributed by atoms with Crippen LogP contribution in [0.15, 0.2) is 23.1 Å². The SMILES string of the molecule is CC1(NS(=O)(=O)c2ccc(F)c(C(=O)O)c2)CCCOC1. The summed E-state index contributed by atoms with van der Waals surface area (Å²) < 4.78 is 45.7. The van der Waals surface area contributed by atoms with E-state index in [0.29, 0.717) is 13.0 Å². The molecule has 21 heavy (non-hydrogen) atoms. The lowest BCUT2D eigenvalue weighted by Crippen LogP contribution is -2.51. The highest BCUT2D eigenvalue weighted by atomic mass is 32.2. The van der Waals surface area contributed by atoms with Gasteiger partial charge in [-0.2, -0.15) is 0 Å². The van der Waals surface area contributed by atoms with Crippen molar-refractivity contribution in [3.63, 3.8) is 0 Å². The third-order valence-electron chi connectivity index (χ3n) is 3.30. The first-order valence-corrected chi connectivity index (χ1v) is 7.86. The summed E-state index contributed by atoms with van der Waals surface area (Å²) in [6, 6.07) is 2.68. The molecule has 6 nitrogen and oxygen atoms in total. The van der Waals surface area contributed by atoms with E-state index in [-0.39, 0.29) is 11.5 Å². The van der Waals surface area contributed by atoms with Crippen molar-refractivity contribution in [2.75, 3.05) is 13.2 Å². The number of aromatic carboxylic acids is 1. The van der Waals surface area contributed by atoms with Crippen LogP contribution in [0.5, 0.6) is 0 Å². The Morgan fingerprint density at radius 3 is 2.76 bits per heavy atom. The molecule has 0 saturated carbocycles. The minimum atomic E-state index is -3.95. The third kappa shape index (κ3) is 3.58. The molecule has 0 aromatic heterocycles. The number of hydrogen-bond donors (Lipinski definition) is 2. The van der Waals surface area contributed by atoms with E-state index in [2.05, 4.69) is 4.72 Å². The van der Waals surface area contributed by atoms with Gasteiger partial charge in [0, 0.05) is 6.61 Å². The average molecular weight is 317 g/mol. The Morgan fingerprint density at radius 2 is 2.19 bits per heavy atom. The van der Waals surface area contributed by atoms with E-state index in [1.54, 1.807) is 6.92 Å². The molecule has 1 atom stereocenters. The summed E-state index contributed by atoms with van der Waals surface area (Å²) in [6.45, 7) is 2.53. The summed E-state index contributed by atoms with van der Waals surface area (Å²) in [6.07, 6.45) is 1.34. The fraction of sp³-hybridized carbons (Fsp3) is 0.462. The molecule has 2 N–H and O–H groups in total. The summed E-state index contributed by atoms with van der Waals surface area (Å²) in [5.41, 5.74) is -1.43. The third-order valence-corrected chi connectivity index (χ3v) is 4.93. The number of benzene rings is 1. The number of carbonyl (C=O) groups is 1. The van der Waals surface area contributed by atoms with E-state index in [4.69, 9.17) is 9.84 Å². The van der Waals surface area contributed by atoms with Crippen molar-refractivity contribution in [1.29, 1.82) is 0 Å². The van der Waals surface area contributed by atoms with Gasteiger partial charge in [0.15, 0.2) is 0 Å². The Morgan fingerprint density at radius 1 is 1.48 bits per heavy atom. The zero-order valence-corrected chi connectivity index (χ0v) is 12.2. The fourth-order valence-corrected chi connectivity index (χ4v) is 3.68. The molecule has 1 aromatic carbocycles. The molecule has 1 fully saturated rings. The van der Waals surface area contributed by atoms with E-state index in [9.17, 15) is 17.6 Å². The molecule has 1 aliphatic rings. The normalized spacial score (nSPS) is 23.0. The second-order valence-corrected chi connectivity index (χ2v) is 6.95. The van der Waals surface area contributed by atoms with Crippen molar-refractivity contribution in [3.05, 3.63) is 29.6 Å². The van der Waals surface area contributed by atoms with Crippen molar-refractivity contribution in [2.45, 2.75) is 30.2 Å². The van der Waals surface area contributed by atoms with Gasteiger partial charge in [-0.3, -0.25) is 0 Å². The number of carboxylic acid groups (broad SMARTS) is 1. The smallest absolute Gasteiger partial charge is 0.338 e. The van der Waals surface area contributed by atoms with Crippen molar-refractivity contribution < 1.29 is 27.4 Å². The van der Waals surface area contributed by atoms with Crippen LogP contribution in [0.2, 0.25) is 0 Å². The van der Waals surface area contributed by atoms with Crippen molar-refractivity contribution in [1.82, 2.24) is 4.72 Å². The first-order chi connectivity index (χ1) is 9.73. The molecule has 2 rings (SSSR count). The van der Waals surface area contributed by atoms with Gasteiger partial charge >= 0.3 is 5.97 Å². The van der Waals surface area contributed by atoms with Crippen LogP contribution in [0.4, 0.5) is 4.39 Å². The van der Waals surface area contributed by atoms with Gasteiger partial charge in [-0.05, 0) is 38.0 Å². The molecular formula is C13H16FNO5S. The number of ether oxygens (including phenoxy) is 1. The van der Waals surface area contributed by atoms with E-state index in [1.807, 2.05) is 0 Å². The maximum atomic E-state index is 13.3. The summed E-state index contributed by atoms with van der Waals surface area (Å²) in [7, 11) is -3.95. The molecule has 1 aliphatic heterocycles. The lowest BCUT2D eigenvalue weighted by atomic mass is 9.97. The summed E-state index contributed by atoms with van der Waals surface area (Å²) in [5.74, 6) is -2.49. The van der Waals surface area contributed by atoms with Crippen LogP contribution in [0.25, 0.3) is 0 Å². The Balaban J connectivity index is 2.31. The average Bonchev–Trinajstić information content (AvgIpc) is 2.38. The Hall–Kier alpha value is -1.51. The molecular weight excluding hydrogens is 301 g/mol. The van der Waals surface area contributed by atoms with Gasteiger partial charge in [0.1, 0.15) is 5.82 Å². The molecule has 0 bridgehead atoms. The van der Waals surface area contributed by atoms with Crippen LogP contribution < -0.4 is 4.72 Å². The van der Waals surface area contributed by atoms with Crippen LogP contribution in [0.1, 0.15) is 30.1 Å². The second-order valence-electron chi connectivity index (χ2n) is 5.27. The lowest BCUT2D eigenvalue weighted by Gasteiger charge is -2.33. The zero-order chi connectivity index (χ0) is 15.7. The maximum Gasteiger partial charge on any atom is 0.338 e. The number of carboxylic acids is 1. The second kappa shape index (κ2) is 5.70. The van der Waals surface area contributed by atoms with Gasteiger partial charge in [0.2, 0.25) is 10.0 Å². The van der Waals surface area contributed by atoms with Gasteiger partial charge in [-0.1, -0.05) is 0 Å². The molecule has 8 heteroatoms. The predicted octanol–water partition coefficient (Wildman–Crippen LogP) is 1.37. The van der Waals surface area contributed by atoms with Crippen molar-refractivity contribution >= 4 is 16.0 Å². The quantitative estimate of drug-likeness (QED) is 0.875. The molecule has 0 amide bonds. The highest BCUT2D eigenvalue weighted by Crippen LogP contribution is 2.22. The van der Waals surface area contributed by atoms with E-state index in [0.717, 1.165) is 24.6 Å². The molecule has 116 valence electrons. The first-order valence-electron chi connectivity index (χ1n) is 6.38. The minimum absolute atomic E-state index is 0.235. The highest BCUT2D eigenvalue weighted by Gasteiger charge is 2.33. The standard InChI is InChI=1S/C13H16FNO5S/c1-13(5-2-6-20-8-13)15-21(18,19)9-3-4-11(14)10(7-9)12(16)17/h3-4,7,15H,2,5-6,8H2,1H3,(H,16,17). The van der Waals surface area contributed by atoms with Gasteiger partial charge in [-0.15, -0.1) is 0 Å². The van der Waals surface area contributed by atoms with Gasteiger partial charge < -0.3 is 9.84 Å². The number of rotatable bonds is 4. The molecule has 1 heterocycles. The van der Waals surface area contributed by atoms with Crippen LogP contribution in [0, 0.1) is 5.82 Å². The highest BCUT2D eigenvalue weighted by molar-refractivity contribution is 7.89. The topological polar surface area (TPSA) is 92.7 Å². The van der Waals surface area contributed by atoms with Gasteiger partial charge in [0.05, 0.1) is 22.6 Å². The Kier molecular flexibility index (Phi) is 4.31. The minimum Gasteiger partial charge on any atom is -0.478 e.